The molecule has 0 atom stereocenters. The molecule has 0 spiro atoms. The van der Waals surface area contributed by atoms with Crippen LogP contribution < -0.4 is 4.74 Å². The second kappa shape index (κ2) is 4.02. The van der Waals surface area contributed by atoms with Crippen molar-refractivity contribution < 1.29 is 9.66 Å². The largest absolute Gasteiger partial charge is 0.483 e. The lowest BCUT2D eigenvalue weighted by atomic mass is 9.86. The van der Waals surface area contributed by atoms with Gasteiger partial charge in [-0.15, -0.1) is 0 Å². The van der Waals surface area contributed by atoms with Crippen molar-refractivity contribution in [3.63, 3.8) is 0 Å². The molecule has 92 valence electrons. The number of benzene rings is 1. The summed E-state index contributed by atoms with van der Waals surface area (Å²) >= 11 is 0. The first kappa shape index (κ1) is 11.9. The Balaban J connectivity index is 2.49. The molecule has 0 aliphatic heterocycles. The van der Waals surface area contributed by atoms with Crippen LogP contribution in [0.5, 0.6) is 5.75 Å². The number of hydrogen-bond donors (Lipinski definition) is 0. The molecule has 4 heteroatoms. The van der Waals surface area contributed by atoms with Crippen LogP contribution in [0.25, 0.3) is 0 Å². The van der Waals surface area contributed by atoms with Crippen molar-refractivity contribution in [1.29, 1.82) is 0 Å². The Morgan fingerprint density at radius 2 is 2.00 bits per heavy atom. The van der Waals surface area contributed by atoms with Crippen molar-refractivity contribution in [2.45, 2.75) is 45.1 Å². The minimum Gasteiger partial charge on any atom is -0.483 e. The molecule has 0 bridgehead atoms. The molecule has 1 aromatic carbocycles. The molecular formula is C13H17NO3. The zero-order valence-corrected chi connectivity index (χ0v) is 10.4. The van der Waals surface area contributed by atoms with Crippen LogP contribution in [-0.2, 0) is 5.41 Å². The van der Waals surface area contributed by atoms with Crippen LogP contribution in [0, 0.1) is 10.1 Å². The molecule has 0 amide bonds. The fraction of sp³-hybridized carbons (Fsp3) is 0.538. The number of nitro groups is 1. The number of nitro benzene ring substituents is 1. The highest BCUT2D eigenvalue weighted by Crippen LogP contribution is 2.41. The Hall–Kier alpha value is -1.58. The van der Waals surface area contributed by atoms with Gasteiger partial charge in [0.2, 0.25) is 5.75 Å². The summed E-state index contributed by atoms with van der Waals surface area (Å²) in [4.78, 5) is 10.7. The van der Waals surface area contributed by atoms with Gasteiger partial charge in [0, 0.05) is 11.6 Å². The molecule has 0 unspecified atom stereocenters. The molecule has 1 aromatic rings. The molecule has 2 rings (SSSR count). The topological polar surface area (TPSA) is 52.4 Å². The minimum absolute atomic E-state index is 0.0734. The van der Waals surface area contributed by atoms with Crippen LogP contribution in [0.1, 0.15) is 39.2 Å². The van der Waals surface area contributed by atoms with Crippen molar-refractivity contribution in [2.75, 3.05) is 0 Å². The molecule has 1 saturated carbocycles. The van der Waals surface area contributed by atoms with Crippen LogP contribution in [0.3, 0.4) is 0 Å². The molecule has 17 heavy (non-hydrogen) atoms. The monoisotopic (exact) mass is 235 g/mol. The van der Waals surface area contributed by atoms with Gasteiger partial charge in [-0.2, -0.15) is 0 Å². The lowest BCUT2D eigenvalue weighted by Crippen LogP contribution is -2.15. The van der Waals surface area contributed by atoms with Crippen molar-refractivity contribution in [2.24, 2.45) is 0 Å². The normalized spacial score (nSPS) is 15.7. The maximum absolute atomic E-state index is 11.0. The van der Waals surface area contributed by atoms with Gasteiger partial charge in [-0.05, 0) is 18.3 Å². The number of hydrogen-bond acceptors (Lipinski definition) is 3. The first-order valence-electron chi connectivity index (χ1n) is 5.84. The van der Waals surface area contributed by atoms with Crippen LogP contribution in [-0.4, -0.2) is 11.0 Å². The third-order valence-electron chi connectivity index (χ3n) is 2.81. The average molecular weight is 235 g/mol. The Morgan fingerprint density at radius 3 is 2.47 bits per heavy atom. The SMILES string of the molecule is CC(C)(C)c1cccc([N+](=O)[O-])c1OC1CC1. The zero-order valence-electron chi connectivity index (χ0n) is 10.4. The number of nitrogens with zero attached hydrogens (tertiary/aromatic N) is 1. The minimum atomic E-state index is -0.368. The summed E-state index contributed by atoms with van der Waals surface area (Å²) in [5.41, 5.74) is 0.818. The summed E-state index contributed by atoms with van der Waals surface area (Å²) in [6.07, 6.45) is 2.16. The maximum atomic E-state index is 11.0. The van der Waals surface area contributed by atoms with Gasteiger partial charge in [-0.3, -0.25) is 10.1 Å². The highest BCUT2D eigenvalue weighted by atomic mass is 16.6. The Morgan fingerprint density at radius 1 is 1.35 bits per heavy atom. The highest BCUT2D eigenvalue weighted by Gasteiger charge is 2.32. The van der Waals surface area contributed by atoms with E-state index in [1.54, 1.807) is 6.07 Å². The molecule has 0 aromatic heterocycles. The van der Waals surface area contributed by atoms with Crippen LogP contribution in [0.2, 0.25) is 0 Å². The van der Waals surface area contributed by atoms with Gasteiger partial charge in [-0.25, -0.2) is 0 Å². The summed E-state index contributed by atoms with van der Waals surface area (Å²) in [6, 6.07) is 5.14. The van der Waals surface area contributed by atoms with Crippen LogP contribution in [0.4, 0.5) is 5.69 Å². The van der Waals surface area contributed by atoms with Crippen molar-refractivity contribution >= 4 is 5.69 Å². The molecule has 1 aliphatic carbocycles. The fourth-order valence-corrected chi connectivity index (χ4v) is 1.74. The van der Waals surface area contributed by atoms with Crippen molar-refractivity contribution in [1.82, 2.24) is 0 Å². The second-order valence-electron chi connectivity index (χ2n) is 5.48. The first-order valence-corrected chi connectivity index (χ1v) is 5.84. The Labute approximate surface area is 101 Å². The molecule has 0 heterocycles. The molecule has 0 N–H and O–H groups in total. The third-order valence-corrected chi connectivity index (χ3v) is 2.81. The summed E-state index contributed by atoms with van der Waals surface area (Å²) in [7, 11) is 0. The summed E-state index contributed by atoms with van der Waals surface area (Å²) in [6.45, 7) is 6.10. The van der Waals surface area contributed by atoms with Gasteiger partial charge >= 0.3 is 5.69 Å². The predicted octanol–water partition coefficient (Wildman–Crippen LogP) is 3.43. The second-order valence-corrected chi connectivity index (χ2v) is 5.48. The molecule has 0 radical (unpaired) electrons. The number of para-hydroxylation sites is 1. The number of ether oxygens (including phenoxy) is 1. The molecule has 0 saturated heterocycles. The van der Waals surface area contributed by atoms with Gasteiger partial charge in [0.15, 0.2) is 0 Å². The number of rotatable bonds is 3. The quantitative estimate of drug-likeness (QED) is 0.595. The van der Waals surface area contributed by atoms with Crippen LogP contribution >= 0.6 is 0 Å². The summed E-state index contributed by atoms with van der Waals surface area (Å²) in [5.74, 6) is 0.451. The van der Waals surface area contributed by atoms with Gasteiger partial charge < -0.3 is 4.74 Å². The summed E-state index contributed by atoms with van der Waals surface area (Å²) in [5, 5.41) is 11.0. The van der Waals surface area contributed by atoms with E-state index in [0.29, 0.717) is 5.75 Å². The third kappa shape index (κ3) is 2.57. The summed E-state index contributed by atoms with van der Waals surface area (Å²) < 4.78 is 5.73. The van der Waals surface area contributed by atoms with E-state index in [9.17, 15) is 10.1 Å². The molecule has 1 fully saturated rings. The van der Waals surface area contributed by atoms with E-state index in [4.69, 9.17) is 4.74 Å². The smallest absolute Gasteiger partial charge is 0.311 e. The molecule has 4 nitrogen and oxygen atoms in total. The Bertz CT molecular complexity index is 444. The Kier molecular flexibility index (Phi) is 2.81. The van der Waals surface area contributed by atoms with Crippen molar-refractivity contribution in [3.8, 4) is 5.75 Å². The van der Waals surface area contributed by atoms with Gasteiger partial charge in [-0.1, -0.05) is 32.9 Å². The van der Waals surface area contributed by atoms with E-state index in [1.165, 1.54) is 6.07 Å². The highest BCUT2D eigenvalue weighted by molar-refractivity contribution is 5.54. The predicted molar refractivity (Wildman–Crippen MR) is 65.4 cm³/mol. The van der Waals surface area contributed by atoms with E-state index in [0.717, 1.165) is 18.4 Å². The zero-order chi connectivity index (χ0) is 12.6. The lowest BCUT2D eigenvalue weighted by molar-refractivity contribution is -0.386. The van der Waals surface area contributed by atoms with Gasteiger partial charge in [0.1, 0.15) is 0 Å². The maximum Gasteiger partial charge on any atom is 0.311 e. The van der Waals surface area contributed by atoms with Crippen molar-refractivity contribution in [3.05, 3.63) is 33.9 Å². The first-order chi connectivity index (χ1) is 7.89. The fourth-order valence-electron chi connectivity index (χ4n) is 1.74. The van der Waals surface area contributed by atoms with E-state index in [1.807, 2.05) is 26.8 Å². The van der Waals surface area contributed by atoms with E-state index in [-0.39, 0.29) is 22.1 Å². The van der Waals surface area contributed by atoms with Crippen LogP contribution in [0.15, 0.2) is 18.2 Å². The standard InChI is InChI=1S/C13H17NO3/c1-13(2,3)10-5-4-6-11(14(15)16)12(10)17-9-7-8-9/h4-6,9H,7-8H2,1-3H3. The van der Waals surface area contributed by atoms with E-state index >= 15 is 0 Å². The van der Waals surface area contributed by atoms with Gasteiger partial charge in [0.05, 0.1) is 11.0 Å². The lowest BCUT2D eigenvalue weighted by Gasteiger charge is -2.22. The van der Waals surface area contributed by atoms with E-state index in [2.05, 4.69) is 0 Å². The average Bonchev–Trinajstić information content (AvgIpc) is 3.00. The molecular weight excluding hydrogens is 218 g/mol. The molecule has 1 aliphatic rings. The van der Waals surface area contributed by atoms with E-state index < -0.39 is 0 Å². The van der Waals surface area contributed by atoms with Gasteiger partial charge in [0.25, 0.3) is 0 Å².